The first-order valence-electron chi connectivity index (χ1n) is 9.14. The van der Waals surface area contributed by atoms with Gasteiger partial charge in [-0.15, -0.1) is 0 Å². The Morgan fingerprint density at radius 3 is 2.24 bits per heavy atom. The number of ether oxygens (including phenoxy) is 1. The summed E-state index contributed by atoms with van der Waals surface area (Å²) in [7, 11) is 1.64. The van der Waals surface area contributed by atoms with Crippen molar-refractivity contribution in [2.24, 2.45) is 11.8 Å². The second kappa shape index (κ2) is 8.37. The first-order valence-corrected chi connectivity index (χ1v) is 9.14. The predicted octanol–water partition coefficient (Wildman–Crippen LogP) is 2.76. The average Bonchev–Trinajstić information content (AvgIpc) is 3.07. The molecule has 2 rings (SSSR count). The van der Waals surface area contributed by atoms with Gasteiger partial charge in [0.2, 0.25) is 11.8 Å². The van der Waals surface area contributed by atoms with Crippen LogP contribution in [-0.4, -0.2) is 54.9 Å². The van der Waals surface area contributed by atoms with E-state index in [1.807, 2.05) is 61.8 Å². The molecular formula is C20H30N2O3. The molecule has 25 heavy (non-hydrogen) atoms. The molecule has 2 unspecified atom stereocenters. The van der Waals surface area contributed by atoms with Crippen LogP contribution in [0.15, 0.2) is 24.3 Å². The maximum Gasteiger partial charge on any atom is 0.228 e. The number of hydrogen-bond acceptors (Lipinski definition) is 3. The summed E-state index contributed by atoms with van der Waals surface area (Å²) in [6, 6.07) is 7.85. The maximum atomic E-state index is 13.0. The van der Waals surface area contributed by atoms with Crippen LogP contribution in [0.3, 0.4) is 0 Å². The van der Waals surface area contributed by atoms with Gasteiger partial charge in [-0.05, 0) is 31.5 Å². The highest BCUT2D eigenvalue weighted by Gasteiger charge is 2.41. The van der Waals surface area contributed by atoms with Gasteiger partial charge < -0.3 is 14.5 Å². The zero-order valence-corrected chi connectivity index (χ0v) is 16.0. The lowest BCUT2D eigenvalue weighted by Gasteiger charge is -2.26. The van der Waals surface area contributed by atoms with Crippen LogP contribution in [0.1, 0.15) is 39.2 Å². The molecule has 0 aromatic heterocycles. The molecule has 1 aliphatic rings. The molecule has 1 aromatic rings. The van der Waals surface area contributed by atoms with E-state index in [4.69, 9.17) is 4.74 Å². The molecule has 1 saturated heterocycles. The largest absolute Gasteiger partial charge is 0.497 e. The molecule has 0 bridgehead atoms. The molecule has 0 radical (unpaired) electrons. The zero-order chi connectivity index (χ0) is 18.6. The third-order valence-electron chi connectivity index (χ3n) is 5.06. The molecule has 0 aliphatic carbocycles. The summed E-state index contributed by atoms with van der Waals surface area (Å²) in [5.74, 6) is 0.846. The van der Waals surface area contributed by atoms with E-state index in [1.54, 1.807) is 7.11 Å². The standard InChI is InChI=1S/C20H30N2O3/c1-6-21(7-2)20(24)18-13-22(19(23)14(3)4)12-17(18)15-8-10-16(25-5)11-9-15/h8-11,14,17-18H,6-7,12-13H2,1-5H3. The Labute approximate surface area is 150 Å². The molecule has 0 N–H and O–H groups in total. The number of hydrogen-bond donors (Lipinski definition) is 0. The molecule has 1 heterocycles. The van der Waals surface area contributed by atoms with E-state index >= 15 is 0 Å². The monoisotopic (exact) mass is 346 g/mol. The second-order valence-corrected chi connectivity index (χ2v) is 6.89. The minimum absolute atomic E-state index is 0.0294. The predicted molar refractivity (Wildman–Crippen MR) is 98.6 cm³/mol. The number of methoxy groups -OCH3 is 1. The Kier molecular flexibility index (Phi) is 6.45. The highest BCUT2D eigenvalue weighted by Crippen LogP contribution is 2.35. The molecule has 1 aliphatic heterocycles. The van der Waals surface area contributed by atoms with Gasteiger partial charge in [-0.1, -0.05) is 26.0 Å². The molecule has 138 valence electrons. The van der Waals surface area contributed by atoms with Crippen LogP contribution in [0, 0.1) is 11.8 Å². The molecule has 5 nitrogen and oxygen atoms in total. The molecule has 1 aromatic carbocycles. The van der Waals surface area contributed by atoms with Gasteiger partial charge in [0, 0.05) is 38.0 Å². The van der Waals surface area contributed by atoms with Crippen LogP contribution in [-0.2, 0) is 9.59 Å². The normalized spacial score (nSPS) is 20.0. The number of carbonyl (C=O) groups excluding carboxylic acids is 2. The van der Waals surface area contributed by atoms with Gasteiger partial charge in [-0.25, -0.2) is 0 Å². The van der Waals surface area contributed by atoms with E-state index in [0.29, 0.717) is 26.2 Å². The van der Waals surface area contributed by atoms with Crippen molar-refractivity contribution in [2.75, 3.05) is 33.3 Å². The maximum absolute atomic E-state index is 13.0. The van der Waals surface area contributed by atoms with Gasteiger partial charge >= 0.3 is 0 Å². The van der Waals surface area contributed by atoms with Crippen molar-refractivity contribution in [3.63, 3.8) is 0 Å². The van der Waals surface area contributed by atoms with Gasteiger partial charge in [0.15, 0.2) is 0 Å². The lowest BCUT2D eigenvalue weighted by molar-refractivity contribution is -0.136. The smallest absolute Gasteiger partial charge is 0.228 e. The quantitative estimate of drug-likeness (QED) is 0.796. The van der Waals surface area contributed by atoms with Crippen LogP contribution in [0.25, 0.3) is 0 Å². The molecule has 0 spiro atoms. The molecule has 5 heteroatoms. The Bertz CT molecular complexity index is 593. The lowest BCUT2D eigenvalue weighted by Crippen LogP contribution is -2.39. The SMILES string of the molecule is CCN(CC)C(=O)C1CN(C(=O)C(C)C)CC1c1ccc(OC)cc1. The van der Waals surface area contributed by atoms with E-state index in [-0.39, 0.29) is 29.6 Å². The Morgan fingerprint density at radius 1 is 1.16 bits per heavy atom. The number of benzene rings is 1. The van der Waals surface area contributed by atoms with Crippen molar-refractivity contribution in [3.8, 4) is 5.75 Å². The van der Waals surface area contributed by atoms with Crippen molar-refractivity contribution in [2.45, 2.75) is 33.6 Å². The first kappa shape index (κ1) is 19.3. The number of rotatable bonds is 6. The number of nitrogens with zero attached hydrogens (tertiary/aromatic N) is 2. The fourth-order valence-electron chi connectivity index (χ4n) is 3.56. The van der Waals surface area contributed by atoms with Crippen molar-refractivity contribution < 1.29 is 14.3 Å². The van der Waals surface area contributed by atoms with Gasteiger partial charge in [0.1, 0.15) is 5.75 Å². The van der Waals surface area contributed by atoms with E-state index in [9.17, 15) is 9.59 Å². The van der Waals surface area contributed by atoms with Crippen LogP contribution < -0.4 is 4.74 Å². The van der Waals surface area contributed by atoms with Crippen LogP contribution in [0.2, 0.25) is 0 Å². The summed E-state index contributed by atoms with van der Waals surface area (Å²) in [6.07, 6.45) is 0. The Balaban J connectivity index is 2.30. The van der Waals surface area contributed by atoms with Crippen LogP contribution >= 0.6 is 0 Å². The Morgan fingerprint density at radius 2 is 1.76 bits per heavy atom. The minimum atomic E-state index is -0.184. The number of amides is 2. The molecule has 0 saturated carbocycles. The van der Waals surface area contributed by atoms with E-state index in [0.717, 1.165) is 11.3 Å². The van der Waals surface area contributed by atoms with Gasteiger partial charge in [0.05, 0.1) is 13.0 Å². The third-order valence-corrected chi connectivity index (χ3v) is 5.06. The zero-order valence-electron chi connectivity index (χ0n) is 16.0. The topological polar surface area (TPSA) is 49.9 Å². The highest BCUT2D eigenvalue weighted by atomic mass is 16.5. The average molecular weight is 346 g/mol. The van der Waals surface area contributed by atoms with Crippen molar-refractivity contribution in [1.29, 1.82) is 0 Å². The number of likely N-dealkylation sites (tertiary alicyclic amines) is 1. The van der Waals surface area contributed by atoms with Crippen molar-refractivity contribution in [1.82, 2.24) is 9.80 Å². The van der Waals surface area contributed by atoms with E-state index in [1.165, 1.54) is 0 Å². The fraction of sp³-hybridized carbons (Fsp3) is 0.600. The van der Waals surface area contributed by atoms with Crippen molar-refractivity contribution >= 4 is 11.8 Å². The molecule has 1 fully saturated rings. The van der Waals surface area contributed by atoms with Gasteiger partial charge in [-0.2, -0.15) is 0 Å². The van der Waals surface area contributed by atoms with Gasteiger partial charge in [-0.3, -0.25) is 9.59 Å². The summed E-state index contributed by atoms with van der Waals surface area (Å²) >= 11 is 0. The third kappa shape index (κ3) is 4.14. The van der Waals surface area contributed by atoms with Crippen LogP contribution in [0.4, 0.5) is 0 Å². The summed E-state index contributed by atoms with van der Waals surface area (Å²) in [5.41, 5.74) is 1.09. The van der Waals surface area contributed by atoms with Gasteiger partial charge in [0.25, 0.3) is 0 Å². The highest BCUT2D eigenvalue weighted by molar-refractivity contribution is 5.84. The first-order chi connectivity index (χ1) is 11.9. The molecule has 2 atom stereocenters. The Hall–Kier alpha value is -2.04. The van der Waals surface area contributed by atoms with Crippen LogP contribution in [0.5, 0.6) is 5.75 Å². The van der Waals surface area contributed by atoms with E-state index in [2.05, 4.69) is 0 Å². The van der Waals surface area contributed by atoms with Crippen molar-refractivity contribution in [3.05, 3.63) is 29.8 Å². The molecule has 2 amide bonds. The lowest BCUT2D eigenvalue weighted by atomic mass is 9.88. The second-order valence-electron chi connectivity index (χ2n) is 6.89. The summed E-state index contributed by atoms with van der Waals surface area (Å²) in [6.45, 7) is 10.3. The fourth-order valence-corrected chi connectivity index (χ4v) is 3.56. The summed E-state index contributed by atoms with van der Waals surface area (Å²) < 4.78 is 5.23. The van der Waals surface area contributed by atoms with E-state index < -0.39 is 0 Å². The molecular weight excluding hydrogens is 316 g/mol. The summed E-state index contributed by atoms with van der Waals surface area (Å²) in [4.78, 5) is 29.2. The number of carbonyl (C=O) groups is 2. The summed E-state index contributed by atoms with van der Waals surface area (Å²) in [5, 5.41) is 0. The minimum Gasteiger partial charge on any atom is -0.497 e.